The summed E-state index contributed by atoms with van der Waals surface area (Å²) < 4.78 is 0. The molecule has 0 aliphatic rings. The first kappa shape index (κ1) is 14.0. The van der Waals surface area contributed by atoms with Crippen LogP contribution in [0.5, 0.6) is 0 Å². The minimum Gasteiger partial charge on any atom is -0.298 e. The second-order valence-corrected chi connectivity index (χ2v) is 5.99. The zero-order chi connectivity index (χ0) is 14.7. The monoisotopic (exact) mass is 313 g/mol. The Kier molecular flexibility index (Phi) is 4.13. The minimum atomic E-state index is 0.591. The number of aromatic nitrogens is 1. The van der Waals surface area contributed by atoms with Crippen LogP contribution in [-0.2, 0) is 6.42 Å². The summed E-state index contributed by atoms with van der Waals surface area (Å²) in [4.78, 5) is 15.4. The Labute approximate surface area is 132 Å². The van der Waals surface area contributed by atoms with Crippen molar-refractivity contribution in [3.63, 3.8) is 0 Å². The van der Waals surface area contributed by atoms with Crippen LogP contribution in [0, 0.1) is 0 Å². The Morgan fingerprint density at radius 3 is 2.67 bits per heavy atom. The molecule has 0 amide bonds. The van der Waals surface area contributed by atoms with Gasteiger partial charge in [0.25, 0.3) is 0 Å². The fourth-order valence-electron chi connectivity index (χ4n) is 2.08. The van der Waals surface area contributed by atoms with Crippen LogP contribution in [0.2, 0.25) is 5.02 Å². The summed E-state index contributed by atoms with van der Waals surface area (Å²) in [6, 6.07) is 15.4. The third-order valence-electron chi connectivity index (χ3n) is 3.18. The number of hydrogen-bond donors (Lipinski definition) is 0. The molecule has 2 aromatic carbocycles. The first-order valence-electron chi connectivity index (χ1n) is 6.49. The number of nitrogens with zero attached hydrogens (tertiary/aromatic N) is 1. The van der Waals surface area contributed by atoms with E-state index in [9.17, 15) is 4.79 Å². The summed E-state index contributed by atoms with van der Waals surface area (Å²) in [6.45, 7) is 0. The highest BCUT2D eigenvalue weighted by molar-refractivity contribution is 7.10. The molecule has 1 aromatic heterocycles. The van der Waals surface area contributed by atoms with E-state index >= 15 is 0 Å². The Bertz CT molecular complexity index is 767. The molecule has 0 aliphatic carbocycles. The molecule has 1 heterocycles. The lowest BCUT2D eigenvalue weighted by molar-refractivity contribution is 0.112. The summed E-state index contributed by atoms with van der Waals surface area (Å²) in [5, 5.41) is 3.67. The SMILES string of the molecule is O=Cc1ccc(Cc2nc(-c3ccccc3)cs2)c(Cl)c1. The standard InChI is InChI=1S/C17H12ClNOS/c18-15-8-12(10-20)6-7-14(15)9-17-19-16(11-21-17)13-4-2-1-3-5-13/h1-8,10-11H,9H2. The predicted octanol–water partition coefficient (Wildman–Crippen LogP) is 4.87. The molecule has 3 aromatic rings. The second-order valence-electron chi connectivity index (χ2n) is 4.64. The first-order valence-corrected chi connectivity index (χ1v) is 7.75. The van der Waals surface area contributed by atoms with E-state index in [1.54, 1.807) is 23.5 Å². The van der Waals surface area contributed by atoms with Crippen LogP contribution in [-0.4, -0.2) is 11.3 Å². The van der Waals surface area contributed by atoms with E-state index in [0.29, 0.717) is 17.0 Å². The topological polar surface area (TPSA) is 30.0 Å². The molecule has 0 aliphatic heterocycles. The van der Waals surface area contributed by atoms with Crippen molar-refractivity contribution < 1.29 is 4.79 Å². The molecule has 21 heavy (non-hydrogen) atoms. The van der Waals surface area contributed by atoms with Crippen molar-refractivity contribution in [3.8, 4) is 11.3 Å². The number of benzene rings is 2. The fraction of sp³-hybridized carbons (Fsp3) is 0.0588. The third kappa shape index (κ3) is 3.20. The summed E-state index contributed by atoms with van der Waals surface area (Å²) in [5.41, 5.74) is 3.67. The van der Waals surface area contributed by atoms with Gasteiger partial charge >= 0.3 is 0 Å². The quantitative estimate of drug-likeness (QED) is 0.643. The molecule has 0 fully saturated rings. The van der Waals surface area contributed by atoms with Crippen molar-refractivity contribution in [1.29, 1.82) is 0 Å². The fourth-order valence-corrected chi connectivity index (χ4v) is 3.16. The molecule has 0 atom stereocenters. The Morgan fingerprint density at radius 1 is 1.14 bits per heavy atom. The summed E-state index contributed by atoms with van der Waals surface area (Å²) in [5.74, 6) is 0. The highest BCUT2D eigenvalue weighted by Crippen LogP contribution is 2.26. The molecular weight excluding hydrogens is 302 g/mol. The van der Waals surface area contributed by atoms with E-state index < -0.39 is 0 Å². The average Bonchev–Trinajstić information content (AvgIpc) is 2.99. The van der Waals surface area contributed by atoms with Gasteiger partial charge in [0.15, 0.2) is 0 Å². The normalized spacial score (nSPS) is 10.5. The zero-order valence-corrected chi connectivity index (χ0v) is 12.7. The number of thiazole rings is 1. The third-order valence-corrected chi connectivity index (χ3v) is 4.38. The summed E-state index contributed by atoms with van der Waals surface area (Å²) in [7, 11) is 0. The molecule has 104 valence electrons. The van der Waals surface area contributed by atoms with Crippen molar-refractivity contribution in [3.05, 3.63) is 75.1 Å². The largest absolute Gasteiger partial charge is 0.298 e. The number of carbonyl (C=O) groups is 1. The molecule has 0 unspecified atom stereocenters. The van der Waals surface area contributed by atoms with E-state index in [0.717, 1.165) is 28.1 Å². The van der Waals surface area contributed by atoms with E-state index in [2.05, 4.69) is 10.4 Å². The number of rotatable bonds is 4. The molecule has 0 spiro atoms. The average molecular weight is 314 g/mol. The van der Waals surface area contributed by atoms with Crippen LogP contribution in [0.15, 0.2) is 53.9 Å². The van der Waals surface area contributed by atoms with Crippen LogP contribution in [0.3, 0.4) is 0 Å². The van der Waals surface area contributed by atoms with Crippen LogP contribution >= 0.6 is 22.9 Å². The lowest BCUT2D eigenvalue weighted by Crippen LogP contribution is -1.91. The van der Waals surface area contributed by atoms with Gasteiger partial charge in [0, 0.05) is 28.0 Å². The van der Waals surface area contributed by atoms with E-state index in [1.807, 2.05) is 36.4 Å². The van der Waals surface area contributed by atoms with Gasteiger partial charge in [0.2, 0.25) is 0 Å². The molecule has 0 bridgehead atoms. The number of halogens is 1. The number of aldehydes is 1. The van der Waals surface area contributed by atoms with Crippen LogP contribution in [0.4, 0.5) is 0 Å². The van der Waals surface area contributed by atoms with Crippen molar-refractivity contribution in [1.82, 2.24) is 4.98 Å². The van der Waals surface area contributed by atoms with Crippen LogP contribution in [0.1, 0.15) is 20.9 Å². The van der Waals surface area contributed by atoms with E-state index in [1.165, 1.54) is 0 Å². The van der Waals surface area contributed by atoms with Crippen LogP contribution < -0.4 is 0 Å². The summed E-state index contributed by atoms with van der Waals surface area (Å²) in [6.07, 6.45) is 1.47. The number of carbonyl (C=O) groups excluding carboxylic acids is 1. The lowest BCUT2D eigenvalue weighted by atomic mass is 10.1. The Hall–Kier alpha value is -1.97. The van der Waals surface area contributed by atoms with Crippen molar-refractivity contribution in [2.24, 2.45) is 0 Å². The molecule has 4 heteroatoms. The van der Waals surface area contributed by atoms with Gasteiger partial charge in [-0.3, -0.25) is 4.79 Å². The molecular formula is C17H12ClNOS. The lowest BCUT2D eigenvalue weighted by Gasteiger charge is -2.02. The second kappa shape index (κ2) is 6.20. The van der Waals surface area contributed by atoms with Crippen molar-refractivity contribution in [2.75, 3.05) is 0 Å². The van der Waals surface area contributed by atoms with Gasteiger partial charge in [-0.2, -0.15) is 0 Å². The summed E-state index contributed by atoms with van der Waals surface area (Å²) >= 11 is 7.82. The van der Waals surface area contributed by atoms with Gasteiger partial charge in [0.1, 0.15) is 6.29 Å². The number of hydrogen-bond acceptors (Lipinski definition) is 3. The van der Waals surface area contributed by atoms with Gasteiger partial charge in [-0.1, -0.05) is 54.1 Å². The maximum Gasteiger partial charge on any atom is 0.150 e. The minimum absolute atomic E-state index is 0.591. The van der Waals surface area contributed by atoms with Gasteiger partial charge < -0.3 is 0 Å². The van der Waals surface area contributed by atoms with Gasteiger partial charge in [-0.15, -0.1) is 11.3 Å². The van der Waals surface area contributed by atoms with Gasteiger partial charge in [-0.05, 0) is 11.6 Å². The van der Waals surface area contributed by atoms with Gasteiger partial charge in [-0.25, -0.2) is 4.98 Å². The predicted molar refractivity (Wildman–Crippen MR) is 87.2 cm³/mol. The molecule has 0 radical (unpaired) electrons. The molecule has 2 nitrogen and oxygen atoms in total. The Balaban J connectivity index is 1.83. The van der Waals surface area contributed by atoms with Crippen molar-refractivity contribution in [2.45, 2.75) is 6.42 Å². The van der Waals surface area contributed by atoms with E-state index in [4.69, 9.17) is 11.6 Å². The molecule has 3 rings (SSSR count). The highest BCUT2D eigenvalue weighted by atomic mass is 35.5. The zero-order valence-electron chi connectivity index (χ0n) is 11.1. The molecule has 0 saturated carbocycles. The maximum atomic E-state index is 10.7. The molecule has 0 N–H and O–H groups in total. The maximum absolute atomic E-state index is 10.7. The van der Waals surface area contributed by atoms with Crippen molar-refractivity contribution >= 4 is 29.2 Å². The molecule has 0 saturated heterocycles. The van der Waals surface area contributed by atoms with Crippen LogP contribution in [0.25, 0.3) is 11.3 Å². The Morgan fingerprint density at radius 2 is 1.95 bits per heavy atom. The van der Waals surface area contributed by atoms with Gasteiger partial charge in [0.05, 0.1) is 10.7 Å². The first-order chi connectivity index (χ1) is 10.3. The highest BCUT2D eigenvalue weighted by Gasteiger charge is 2.08. The van der Waals surface area contributed by atoms with E-state index in [-0.39, 0.29) is 0 Å². The smallest absolute Gasteiger partial charge is 0.150 e.